The van der Waals surface area contributed by atoms with Gasteiger partial charge in [-0.3, -0.25) is 14.6 Å². The lowest BCUT2D eigenvalue weighted by Crippen LogP contribution is -2.44. The van der Waals surface area contributed by atoms with Crippen molar-refractivity contribution in [2.75, 3.05) is 28.7 Å². The first-order valence-corrected chi connectivity index (χ1v) is 10.1. The molecule has 1 N–H and O–H groups in total. The molecule has 0 radical (unpaired) electrons. The fourth-order valence-corrected chi connectivity index (χ4v) is 4.18. The zero-order valence-electron chi connectivity index (χ0n) is 17.7. The van der Waals surface area contributed by atoms with E-state index in [1.165, 1.54) is 0 Å². The summed E-state index contributed by atoms with van der Waals surface area (Å²) in [5.41, 5.74) is 4.19. The van der Waals surface area contributed by atoms with Crippen LogP contribution in [0.3, 0.4) is 0 Å². The molecular weight excluding hydrogens is 390 g/mol. The molecule has 1 aromatic heterocycles. The lowest BCUT2D eigenvalue weighted by molar-refractivity contribution is -0.118. The van der Waals surface area contributed by atoms with Crippen LogP contribution in [-0.4, -0.2) is 36.4 Å². The molecule has 0 aliphatic carbocycles. The second kappa shape index (κ2) is 8.07. The first-order chi connectivity index (χ1) is 14.9. The van der Waals surface area contributed by atoms with Crippen LogP contribution in [-0.2, 0) is 9.59 Å². The summed E-state index contributed by atoms with van der Waals surface area (Å²) in [5, 5.41) is 13.4. The molecule has 2 heterocycles. The van der Waals surface area contributed by atoms with Gasteiger partial charge >= 0.3 is 0 Å². The second-order valence-electron chi connectivity index (χ2n) is 7.84. The van der Waals surface area contributed by atoms with Crippen LogP contribution < -0.4 is 15.1 Å². The van der Waals surface area contributed by atoms with Crippen molar-refractivity contribution in [2.24, 2.45) is 0 Å². The van der Waals surface area contributed by atoms with Gasteiger partial charge in [0.25, 0.3) is 0 Å². The number of hydrogen-bond acceptors (Lipinski definition) is 5. The molecule has 1 aliphatic heterocycles. The highest BCUT2D eigenvalue weighted by molar-refractivity contribution is 6.06. The Morgan fingerprint density at radius 2 is 2.06 bits per heavy atom. The minimum atomic E-state index is -0.295. The van der Waals surface area contributed by atoms with Crippen LogP contribution in [0, 0.1) is 18.3 Å². The topological polar surface area (TPSA) is 89.3 Å². The number of likely N-dealkylation sites (N-methyl/N-ethyl adjacent to an activating group) is 1. The number of carbonyl (C=O) groups excluding carboxylic acids is 2. The Bertz CT molecular complexity index is 1230. The summed E-state index contributed by atoms with van der Waals surface area (Å²) in [7, 11) is 1.80. The average Bonchev–Trinajstić information content (AvgIpc) is 2.87. The molecule has 7 heteroatoms. The third-order valence-electron chi connectivity index (χ3n) is 5.57. The number of aromatic nitrogens is 1. The van der Waals surface area contributed by atoms with E-state index in [-0.39, 0.29) is 30.8 Å². The van der Waals surface area contributed by atoms with E-state index in [2.05, 4.69) is 16.4 Å². The van der Waals surface area contributed by atoms with Gasteiger partial charge in [-0.25, -0.2) is 0 Å². The second-order valence-corrected chi connectivity index (χ2v) is 7.84. The molecule has 0 fully saturated rings. The van der Waals surface area contributed by atoms with Crippen LogP contribution in [0.15, 0.2) is 48.7 Å². The first-order valence-electron chi connectivity index (χ1n) is 10.1. The Kier molecular flexibility index (Phi) is 5.30. The number of fused-ring (bicyclic) bond motifs is 2. The highest BCUT2D eigenvalue weighted by Gasteiger charge is 2.30. The molecule has 1 unspecified atom stereocenters. The Hall–Kier alpha value is -3.92. The van der Waals surface area contributed by atoms with Gasteiger partial charge in [-0.15, -0.1) is 0 Å². The SMILES string of the molecule is Cc1cccc2c(N(C)CC(=O)N3c4ccccc4NC(=O)CC3C)c(C#N)cnc12. The Balaban J connectivity index is 1.72. The van der Waals surface area contributed by atoms with Crippen molar-refractivity contribution < 1.29 is 9.59 Å². The molecule has 156 valence electrons. The smallest absolute Gasteiger partial charge is 0.246 e. The molecule has 0 bridgehead atoms. The zero-order chi connectivity index (χ0) is 22.1. The largest absolute Gasteiger partial charge is 0.364 e. The number of nitrogens with one attached hydrogen (secondary N) is 1. The number of nitriles is 1. The van der Waals surface area contributed by atoms with Crippen molar-refractivity contribution in [2.45, 2.75) is 26.3 Å². The highest BCUT2D eigenvalue weighted by Crippen LogP contribution is 2.33. The number of hydrogen-bond donors (Lipinski definition) is 1. The van der Waals surface area contributed by atoms with Gasteiger partial charge in [0.05, 0.1) is 34.7 Å². The fraction of sp³-hybridized carbons (Fsp3) is 0.250. The third kappa shape index (κ3) is 3.68. The number of aryl methyl sites for hydroxylation is 1. The van der Waals surface area contributed by atoms with Gasteiger partial charge in [0.2, 0.25) is 11.8 Å². The number of carbonyl (C=O) groups is 2. The van der Waals surface area contributed by atoms with E-state index in [4.69, 9.17) is 0 Å². The van der Waals surface area contributed by atoms with E-state index < -0.39 is 0 Å². The van der Waals surface area contributed by atoms with Crippen LogP contribution in [0.5, 0.6) is 0 Å². The monoisotopic (exact) mass is 413 g/mol. The van der Waals surface area contributed by atoms with Gasteiger partial charge < -0.3 is 15.1 Å². The van der Waals surface area contributed by atoms with Gasteiger partial charge in [-0.05, 0) is 31.5 Å². The van der Waals surface area contributed by atoms with E-state index in [9.17, 15) is 14.9 Å². The normalized spacial score (nSPS) is 15.6. The van der Waals surface area contributed by atoms with Crippen LogP contribution >= 0.6 is 0 Å². The van der Waals surface area contributed by atoms with Gasteiger partial charge in [-0.2, -0.15) is 5.26 Å². The third-order valence-corrected chi connectivity index (χ3v) is 5.57. The molecule has 0 spiro atoms. The summed E-state index contributed by atoms with van der Waals surface area (Å²) >= 11 is 0. The van der Waals surface area contributed by atoms with Crippen molar-refractivity contribution in [3.63, 3.8) is 0 Å². The maximum Gasteiger partial charge on any atom is 0.246 e. The number of nitrogens with zero attached hydrogens (tertiary/aromatic N) is 4. The number of anilines is 3. The number of amides is 2. The first kappa shape index (κ1) is 20.4. The molecule has 1 atom stereocenters. The predicted molar refractivity (Wildman–Crippen MR) is 121 cm³/mol. The summed E-state index contributed by atoms with van der Waals surface area (Å²) in [5.74, 6) is -0.272. The van der Waals surface area contributed by atoms with E-state index in [1.807, 2.05) is 50.2 Å². The summed E-state index contributed by atoms with van der Waals surface area (Å²) in [6, 6.07) is 15.0. The summed E-state index contributed by atoms with van der Waals surface area (Å²) in [4.78, 5) is 33.6. The minimum Gasteiger partial charge on any atom is -0.364 e. The molecule has 0 saturated heterocycles. The van der Waals surface area contributed by atoms with Crippen molar-refractivity contribution in [1.82, 2.24) is 4.98 Å². The van der Waals surface area contributed by atoms with Crippen molar-refractivity contribution >= 4 is 39.8 Å². The van der Waals surface area contributed by atoms with E-state index in [0.29, 0.717) is 22.6 Å². The van der Waals surface area contributed by atoms with Crippen molar-refractivity contribution in [3.8, 4) is 6.07 Å². The molecule has 0 saturated carbocycles. The van der Waals surface area contributed by atoms with Crippen LogP contribution in [0.1, 0.15) is 24.5 Å². The molecule has 2 aromatic carbocycles. The lowest BCUT2D eigenvalue weighted by Gasteiger charge is -2.31. The molecular formula is C24H23N5O2. The summed E-state index contributed by atoms with van der Waals surface area (Å²) in [6.07, 6.45) is 1.77. The number of pyridine rings is 1. The standard InChI is InChI=1S/C24H23N5O2/c1-15-7-6-8-18-23(15)26-13-17(12-25)24(18)28(3)14-22(31)29-16(2)11-21(30)27-19-9-4-5-10-20(19)29/h4-10,13,16H,11,14H2,1-3H3,(H,27,30). The summed E-state index contributed by atoms with van der Waals surface area (Å²) in [6.45, 7) is 3.89. The number of benzene rings is 2. The van der Waals surface area contributed by atoms with E-state index in [1.54, 1.807) is 29.1 Å². The maximum absolute atomic E-state index is 13.5. The van der Waals surface area contributed by atoms with Gasteiger partial charge in [0.15, 0.2) is 0 Å². The fourth-order valence-electron chi connectivity index (χ4n) is 4.18. The van der Waals surface area contributed by atoms with Crippen LogP contribution in [0.25, 0.3) is 10.9 Å². The lowest BCUT2D eigenvalue weighted by atomic mass is 10.1. The predicted octanol–water partition coefficient (Wildman–Crippen LogP) is 3.62. The zero-order valence-corrected chi connectivity index (χ0v) is 17.7. The Morgan fingerprint density at radius 3 is 2.84 bits per heavy atom. The van der Waals surface area contributed by atoms with Gasteiger partial charge in [0.1, 0.15) is 6.07 Å². The number of rotatable bonds is 3. The van der Waals surface area contributed by atoms with Gasteiger partial charge in [0, 0.05) is 31.1 Å². The number of para-hydroxylation sites is 3. The van der Waals surface area contributed by atoms with Gasteiger partial charge in [-0.1, -0.05) is 30.3 Å². The van der Waals surface area contributed by atoms with Crippen molar-refractivity contribution in [3.05, 3.63) is 59.8 Å². The molecule has 31 heavy (non-hydrogen) atoms. The average molecular weight is 413 g/mol. The minimum absolute atomic E-state index is 0.0502. The van der Waals surface area contributed by atoms with E-state index in [0.717, 1.165) is 16.5 Å². The molecule has 3 aromatic rings. The molecule has 4 rings (SSSR count). The Morgan fingerprint density at radius 1 is 1.29 bits per heavy atom. The highest BCUT2D eigenvalue weighted by atomic mass is 16.2. The molecule has 1 aliphatic rings. The molecule has 7 nitrogen and oxygen atoms in total. The maximum atomic E-state index is 13.5. The molecule has 2 amide bonds. The quantitative estimate of drug-likeness (QED) is 0.708. The Labute approximate surface area is 180 Å². The van der Waals surface area contributed by atoms with Crippen LogP contribution in [0.2, 0.25) is 0 Å². The van der Waals surface area contributed by atoms with Crippen molar-refractivity contribution in [1.29, 1.82) is 5.26 Å². The summed E-state index contributed by atoms with van der Waals surface area (Å²) < 4.78 is 0. The van der Waals surface area contributed by atoms with E-state index >= 15 is 0 Å². The van der Waals surface area contributed by atoms with Crippen LogP contribution in [0.4, 0.5) is 17.1 Å².